The van der Waals surface area contributed by atoms with Crippen LogP contribution >= 0.6 is 11.6 Å². The molecular formula is C19H17ClN2O6S. The van der Waals surface area contributed by atoms with E-state index < -0.39 is 16.0 Å². The number of benzene rings is 2. The van der Waals surface area contributed by atoms with Crippen LogP contribution in [0.4, 0.5) is 5.69 Å². The fourth-order valence-corrected chi connectivity index (χ4v) is 3.86. The van der Waals surface area contributed by atoms with Gasteiger partial charge in [-0.25, -0.2) is 13.2 Å². The van der Waals surface area contributed by atoms with E-state index in [2.05, 4.69) is 9.88 Å². The molecule has 1 N–H and O–H groups in total. The topological polar surface area (TPSA) is 108 Å². The lowest BCUT2D eigenvalue weighted by atomic mass is 10.1. The van der Waals surface area contributed by atoms with Crippen LogP contribution in [0.25, 0.3) is 11.3 Å². The Labute approximate surface area is 172 Å². The molecule has 0 aliphatic rings. The highest BCUT2D eigenvalue weighted by Gasteiger charge is 2.22. The zero-order chi connectivity index (χ0) is 21.0. The average Bonchev–Trinajstić information content (AvgIpc) is 3.20. The third-order valence-electron chi connectivity index (χ3n) is 3.83. The van der Waals surface area contributed by atoms with Crippen LogP contribution in [-0.2, 0) is 14.8 Å². The molecular weight excluding hydrogens is 420 g/mol. The number of nitrogens with one attached hydrogen (secondary N) is 1. The number of methoxy groups -OCH3 is 1. The van der Waals surface area contributed by atoms with Crippen LogP contribution in [-0.4, -0.2) is 33.3 Å². The molecule has 0 spiro atoms. The molecule has 2 aromatic carbocycles. The molecule has 0 aliphatic heterocycles. The van der Waals surface area contributed by atoms with E-state index in [0.717, 1.165) is 0 Å². The van der Waals surface area contributed by atoms with Gasteiger partial charge in [-0.05, 0) is 49.4 Å². The smallest absolute Gasteiger partial charge is 0.360 e. The molecule has 1 heterocycles. The summed E-state index contributed by atoms with van der Waals surface area (Å²) < 4.78 is 43.5. The first-order chi connectivity index (χ1) is 13.8. The molecule has 0 atom stereocenters. The highest BCUT2D eigenvalue weighted by molar-refractivity contribution is 7.92. The predicted molar refractivity (Wildman–Crippen MR) is 107 cm³/mol. The largest absolute Gasteiger partial charge is 0.495 e. The lowest BCUT2D eigenvalue weighted by molar-refractivity contribution is 0.0514. The van der Waals surface area contributed by atoms with Gasteiger partial charge in [-0.3, -0.25) is 4.72 Å². The van der Waals surface area contributed by atoms with Gasteiger partial charge in [-0.1, -0.05) is 16.8 Å². The van der Waals surface area contributed by atoms with Gasteiger partial charge in [-0.2, -0.15) is 0 Å². The fraction of sp³-hybridized carbons (Fsp3) is 0.158. The molecule has 0 unspecified atom stereocenters. The number of carbonyl (C=O) groups is 1. The molecule has 3 aromatic rings. The Morgan fingerprint density at radius 3 is 2.55 bits per heavy atom. The van der Waals surface area contributed by atoms with Crippen molar-refractivity contribution in [1.29, 1.82) is 0 Å². The summed E-state index contributed by atoms with van der Waals surface area (Å²) in [5, 5.41) is 4.14. The SMILES string of the molecule is CCOC(=O)c1cc(-c2ccc(OC)c(S(=O)(=O)Nc3ccc(Cl)cc3)c2)on1. The molecule has 0 saturated heterocycles. The van der Waals surface area contributed by atoms with Gasteiger partial charge in [0.15, 0.2) is 11.5 Å². The molecule has 0 bridgehead atoms. The van der Waals surface area contributed by atoms with Gasteiger partial charge >= 0.3 is 5.97 Å². The number of anilines is 1. The number of nitrogens with zero attached hydrogens (tertiary/aromatic N) is 1. The maximum atomic E-state index is 12.9. The monoisotopic (exact) mass is 436 g/mol. The number of rotatable bonds is 7. The summed E-state index contributed by atoms with van der Waals surface area (Å²) >= 11 is 5.83. The van der Waals surface area contributed by atoms with Crippen molar-refractivity contribution in [3.05, 3.63) is 59.2 Å². The molecule has 10 heteroatoms. The summed E-state index contributed by atoms with van der Waals surface area (Å²) in [7, 11) is -2.62. The Kier molecular flexibility index (Phi) is 6.09. The fourth-order valence-electron chi connectivity index (χ4n) is 2.48. The molecule has 1 aromatic heterocycles. The zero-order valence-electron chi connectivity index (χ0n) is 15.5. The molecule has 0 fully saturated rings. The van der Waals surface area contributed by atoms with E-state index in [1.807, 2.05) is 0 Å². The first-order valence-electron chi connectivity index (χ1n) is 8.44. The second kappa shape index (κ2) is 8.54. The number of halogens is 1. The summed E-state index contributed by atoms with van der Waals surface area (Å²) in [6, 6.07) is 12.0. The summed E-state index contributed by atoms with van der Waals surface area (Å²) in [4.78, 5) is 11.7. The minimum absolute atomic E-state index is 0.0126. The van der Waals surface area contributed by atoms with Gasteiger partial charge in [0.25, 0.3) is 10.0 Å². The van der Waals surface area contributed by atoms with Gasteiger partial charge in [0, 0.05) is 22.3 Å². The maximum Gasteiger partial charge on any atom is 0.360 e. The maximum absolute atomic E-state index is 12.9. The van der Waals surface area contributed by atoms with Crippen molar-refractivity contribution in [1.82, 2.24) is 5.16 Å². The van der Waals surface area contributed by atoms with Crippen LogP contribution in [0.5, 0.6) is 5.75 Å². The summed E-state index contributed by atoms with van der Waals surface area (Å²) in [5.74, 6) is -0.285. The molecule has 0 saturated carbocycles. The number of ether oxygens (including phenoxy) is 2. The van der Waals surface area contributed by atoms with Crippen molar-refractivity contribution in [3.8, 4) is 17.1 Å². The number of esters is 1. The Morgan fingerprint density at radius 1 is 1.17 bits per heavy atom. The lowest BCUT2D eigenvalue weighted by Crippen LogP contribution is -2.14. The molecule has 152 valence electrons. The number of hydrogen-bond donors (Lipinski definition) is 1. The van der Waals surface area contributed by atoms with Gasteiger partial charge in [0.2, 0.25) is 0 Å². The number of carbonyl (C=O) groups excluding carboxylic acids is 1. The third kappa shape index (κ3) is 4.69. The van der Waals surface area contributed by atoms with Gasteiger partial charge < -0.3 is 14.0 Å². The Balaban J connectivity index is 1.96. The quantitative estimate of drug-likeness (QED) is 0.558. The summed E-state index contributed by atoms with van der Waals surface area (Å²) in [6.45, 7) is 1.87. The molecule has 29 heavy (non-hydrogen) atoms. The Morgan fingerprint density at radius 2 is 1.90 bits per heavy atom. The van der Waals surface area contributed by atoms with Crippen molar-refractivity contribution in [2.24, 2.45) is 0 Å². The second-order valence-electron chi connectivity index (χ2n) is 5.77. The van der Waals surface area contributed by atoms with Crippen molar-refractivity contribution in [3.63, 3.8) is 0 Å². The highest BCUT2D eigenvalue weighted by atomic mass is 35.5. The Bertz CT molecular complexity index is 1130. The van der Waals surface area contributed by atoms with Crippen molar-refractivity contribution in [2.75, 3.05) is 18.4 Å². The molecule has 0 amide bonds. The van der Waals surface area contributed by atoms with E-state index in [1.165, 1.54) is 37.4 Å². The number of sulfonamides is 1. The van der Waals surface area contributed by atoms with E-state index in [1.54, 1.807) is 25.1 Å². The van der Waals surface area contributed by atoms with Crippen LogP contribution in [0.2, 0.25) is 5.02 Å². The molecule has 3 rings (SSSR count). The normalized spacial score (nSPS) is 11.1. The van der Waals surface area contributed by atoms with Crippen LogP contribution in [0.1, 0.15) is 17.4 Å². The van der Waals surface area contributed by atoms with Crippen molar-refractivity contribution in [2.45, 2.75) is 11.8 Å². The number of hydrogen-bond acceptors (Lipinski definition) is 7. The zero-order valence-corrected chi connectivity index (χ0v) is 17.1. The highest BCUT2D eigenvalue weighted by Crippen LogP contribution is 2.31. The van der Waals surface area contributed by atoms with E-state index in [9.17, 15) is 13.2 Å². The van der Waals surface area contributed by atoms with Crippen LogP contribution < -0.4 is 9.46 Å². The minimum atomic E-state index is -3.99. The van der Waals surface area contributed by atoms with E-state index in [-0.39, 0.29) is 28.7 Å². The van der Waals surface area contributed by atoms with Crippen molar-refractivity contribution >= 4 is 33.3 Å². The predicted octanol–water partition coefficient (Wildman–Crippen LogP) is 3.98. The van der Waals surface area contributed by atoms with Gasteiger partial charge in [0.1, 0.15) is 10.6 Å². The summed E-state index contributed by atoms with van der Waals surface area (Å²) in [5.41, 5.74) is 0.720. The number of aromatic nitrogens is 1. The van der Waals surface area contributed by atoms with E-state index in [0.29, 0.717) is 16.3 Å². The average molecular weight is 437 g/mol. The Hall–Kier alpha value is -3.04. The van der Waals surface area contributed by atoms with Crippen LogP contribution in [0.15, 0.2) is 57.9 Å². The first kappa shape index (κ1) is 20.7. The van der Waals surface area contributed by atoms with Crippen LogP contribution in [0.3, 0.4) is 0 Å². The summed E-state index contributed by atoms with van der Waals surface area (Å²) in [6.07, 6.45) is 0. The minimum Gasteiger partial charge on any atom is -0.495 e. The van der Waals surface area contributed by atoms with E-state index in [4.69, 9.17) is 25.6 Å². The lowest BCUT2D eigenvalue weighted by Gasteiger charge is -2.12. The standard InChI is InChI=1S/C19H17ClN2O6S/c1-3-27-19(23)15-11-17(28-21-15)12-4-9-16(26-2)18(10-12)29(24,25)22-14-7-5-13(20)6-8-14/h4-11,22H,3H2,1-2H3. The molecule has 0 radical (unpaired) electrons. The second-order valence-corrected chi connectivity index (χ2v) is 7.86. The van der Waals surface area contributed by atoms with Crippen LogP contribution in [0, 0.1) is 0 Å². The van der Waals surface area contributed by atoms with Gasteiger partial charge in [0.05, 0.1) is 13.7 Å². The van der Waals surface area contributed by atoms with Crippen molar-refractivity contribution < 1.29 is 27.2 Å². The van der Waals surface area contributed by atoms with Gasteiger partial charge in [-0.15, -0.1) is 0 Å². The van der Waals surface area contributed by atoms with E-state index >= 15 is 0 Å². The molecule has 0 aliphatic carbocycles. The molecule has 8 nitrogen and oxygen atoms in total. The first-order valence-corrected chi connectivity index (χ1v) is 10.3. The third-order valence-corrected chi connectivity index (χ3v) is 5.48.